The summed E-state index contributed by atoms with van der Waals surface area (Å²) in [6.07, 6.45) is 0. The fourth-order valence-corrected chi connectivity index (χ4v) is 12.5. The first-order chi connectivity index (χ1) is 11.2. The molecule has 0 nitrogen and oxygen atoms in total. The summed E-state index contributed by atoms with van der Waals surface area (Å²) < 4.78 is 5.78. The van der Waals surface area contributed by atoms with Crippen LogP contribution in [0.25, 0.3) is 0 Å². The van der Waals surface area contributed by atoms with Crippen LogP contribution in [0.15, 0.2) is 72.8 Å². The van der Waals surface area contributed by atoms with E-state index in [9.17, 15) is 0 Å². The minimum absolute atomic E-state index is 0.332. The standard InChI is InChI=1S/C18H12Cl2Se3/c19-13-5-9-15(10-6-13)21-17-3-1-2-4-18(17)23-22-16-11-7-14(20)8-12-16/h1-12H. The average Bonchev–Trinajstić information content (AvgIpc) is 2.58. The average molecular weight is 536 g/mol. The van der Waals surface area contributed by atoms with Crippen LogP contribution in [0.4, 0.5) is 0 Å². The van der Waals surface area contributed by atoms with Gasteiger partial charge < -0.3 is 0 Å². The number of hydrogen-bond donors (Lipinski definition) is 0. The van der Waals surface area contributed by atoms with Crippen LogP contribution in [0.2, 0.25) is 10.0 Å². The molecule has 0 aliphatic heterocycles. The van der Waals surface area contributed by atoms with E-state index in [1.807, 2.05) is 24.3 Å². The van der Waals surface area contributed by atoms with Crippen molar-refractivity contribution in [2.24, 2.45) is 0 Å². The third-order valence-corrected chi connectivity index (χ3v) is 13.6. The van der Waals surface area contributed by atoms with Crippen LogP contribution in [0.5, 0.6) is 0 Å². The van der Waals surface area contributed by atoms with Gasteiger partial charge in [-0.1, -0.05) is 0 Å². The van der Waals surface area contributed by atoms with Gasteiger partial charge in [-0.3, -0.25) is 0 Å². The predicted octanol–water partition coefficient (Wildman–Crippen LogP) is 1.92. The van der Waals surface area contributed by atoms with Crippen LogP contribution in [-0.4, -0.2) is 41.2 Å². The maximum atomic E-state index is 5.98. The van der Waals surface area contributed by atoms with Crippen molar-refractivity contribution in [1.82, 2.24) is 0 Å². The second-order valence-corrected chi connectivity index (χ2v) is 14.1. The molecule has 0 amide bonds. The molecule has 0 aromatic heterocycles. The van der Waals surface area contributed by atoms with Crippen LogP contribution in [0.1, 0.15) is 0 Å². The Kier molecular flexibility index (Phi) is 6.71. The molecule has 0 saturated carbocycles. The molecule has 116 valence electrons. The van der Waals surface area contributed by atoms with Crippen LogP contribution in [-0.2, 0) is 0 Å². The number of rotatable bonds is 5. The van der Waals surface area contributed by atoms with Crippen LogP contribution < -0.4 is 17.8 Å². The normalized spacial score (nSPS) is 10.7. The Balaban J connectivity index is 1.72. The van der Waals surface area contributed by atoms with E-state index < -0.39 is 0 Å². The molecule has 0 radical (unpaired) electrons. The van der Waals surface area contributed by atoms with Crippen molar-refractivity contribution in [3.8, 4) is 0 Å². The molecule has 5 heteroatoms. The summed E-state index contributed by atoms with van der Waals surface area (Å²) >= 11 is 13.3. The van der Waals surface area contributed by atoms with Gasteiger partial charge in [0, 0.05) is 0 Å². The van der Waals surface area contributed by atoms with Gasteiger partial charge in [-0.05, 0) is 0 Å². The monoisotopic (exact) mass is 538 g/mol. The van der Waals surface area contributed by atoms with Crippen LogP contribution >= 0.6 is 23.2 Å². The molecule has 23 heavy (non-hydrogen) atoms. The molecule has 0 saturated heterocycles. The SMILES string of the molecule is Clc1ccc([Se][Se]c2ccccc2[Se]c2ccc(Cl)cc2)cc1. The van der Waals surface area contributed by atoms with Crippen molar-refractivity contribution < 1.29 is 0 Å². The Hall–Kier alpha value is -0.202. The van der Waals surface area contributed by atoms with Crippen molar-refractivity contribution in [1.29, 1.82) is 0 Å². The van der Waals surface area contributed by atoms with E-state index in [0.717, 1.165) is 10.0 Å². The molecule has 0 atom stereocenters. The predicted molar refractivity (Wildman–Crippen MR) is 105 cm³/mol. The van der Waals surface area contributed by atoms with Crippen molar-refractivity contribution in [2.75, 3.05) is 0 Å². The Morgan fingerprint density at radius 3 is 1.65 bits per heavy atom. The second kappa shape index (κ2) is 8.77. The summed E-state index contributed by atoms with van der Waals surface area (Å²) in [5.41, 5.74) is 0. The van der Waals surface area contributed by atoms with Gasteiger partial charge >= 0.3 is 165 Å². The van der Waals surface area contributed by atoms with E-state index in [1.54, 1.807) is 0 Å². The van der Waals surface area contributed by atoms with Crippen LogP contribution in [0, 0.1) is 0 Å². The van der Waals surface area contributed by atoms with E-state index in [0.29, 0.717) is 41.2 Å². The Labute approximate surface area is 164 Å². The summed E-state index contributed by atoms with van der Waals surface area (Å²) in [5, 5.41) is 1.61. The molecule has 0 aliphatic carbocycles. The first-order valence-electron chi connectivity index (χ1n) is 6.83. The van der Waals surface area contributed by atoms with Gasteiger partial charge in [-0.2, -0.15) is 0 Å². The number of halogens is 2. The fourth-order valence-electron chi connectivity index (χ4n) is 1.82. The van der Waals surface area contributed by atoms with E-state index in [1.165, 1.54) is 17.8 Å². The molecule has 0 aliphatic rings. The number of hydrogen-bond acceptors (Lipinski definition) is 0. The molecule has 0 bridgehead atoms. The van der Waals surface area contributed by atoms with E-state index in [2.05, 4.69) is 48.5 Å². The van der Waals surface area contributed by atoms with Crippen molar-refractivity contribution in [3.63, 3.8) is 0 Å². The molecular weight excluding hydrogens is 524 g/mol. The molecule has 0 N–H and O–H groups in total. The molecule has 0 unspecified atom stereocenters. The zero-order valence-electron chi connectivity index (χ0n) is 11.9. The third-order valence-electron chi connectivity index (χ3n) is 2.93. The van der Waals surface area contributed by atoms with Gasteiger partial charge in [0.05, 0.1) is 0 Å². The van der Waals surface area contributed by atoms with Crippen molar-refractivity contribution in [3.05, 3.63) is 82.8 Å². The van der Waals surface area contributed by atoms with E-state index >= 15 is 0 Å². The quantitative estimate of drug-likeness (QED) is 0.438. The fraction of sp³-hybridized carbons (Fsp3) is 0. The molecule has 3 aromatic rings. The zero-order valence-corrected chi connectivity index (χ0v) is 18.6. The van der Waals surface area contributed by atoms with Crippen LogP contribution in [0.3, 0.4) is 0 Å². The Morgan fingerprint density at radius 2 is 1.04 bits per heavy atom. The topological polar surface area (TPSA) is 0 Å². The van der Waals surface area contributed by atoms with Gasteiger partial charge in [-0.15, -0.1) is 0 Å². The van der Waals surface area contributed by atoms with E-state index in [4.69, 9.17) is 23.2 Å². The minimum atomic E-state index is 0.332. The summed E-state index contributed by atoms with van der Waals surface area (Å²) in [7, 11) is 0. The molecular formula is C18H12Cl2Se3. The van der Waals surface area contributed by atoms with E-state index in [-0.39, 0.29) is 0 Å². The molecule has 0 fully saturated rings. The molecule has 0 heterocycles. The Bertz CT molecular complexity index is 771. The maximum absolute atomic E-state index is 5.98. The number of benzene rings is 3. The first kappa shape index (κ1) is 17.6. The molecule has 3 rings (SSSR count). The first-order valence-corrected chi connectivity index (χ1v) is 15.3. The Morgan fingerprint density at radius 1 is 0.522 bits per heavy atom. The van der Waals surface area contributed by atoms with Crippen molar-refractivity contribution >= 4 is 82.3 Å². The molecule has 0 spiro atoms. The molecule has 3 aromatic carbocycles. The zero-order chi connectivity index (χ0) is 16.1. The van der Waals surface area contributed by atoms with Crippen molar-refractivity contribution in [2.45, 2.75) is 0 Å². The second-order valence-electron chi connectivity index (χ2n) is 4.62. The van der Waals surface area contributed by atoms with Gasteiger partial charge in [0.15, 0.2) is 0 Å². The van der Waals surface area contributed by atoms with Gasteiger partial charge in [0.25, 0.3) is 0 Å². The summed E-state index contributed by atoms with van der Waals surface area (Å²) in [6.45, 7) is 0. The third kappa shape index (κ3) is 5.39. The summed E-state index contributed by atoms with van der Waals surface area (Å²) in [5.74, 6) is 0. The van der Waals surface area contributed by atoms with Gasteiger partial charge in [0.2, 0.25) is 0 Å². The summed E-state index contributed by atoms with van der Waals surface area (Å²) in [6, 6.07) is 25.3. The van der Waals surface area contributed by atoms with Gasteiger partial charge in [-0.25, -0.2) is 0 Å². The van der Waals surface area contributed by atoms with Gasteiger partial charge in [0.1, 0.15) is 0 Å². The summed E-state index contributed by atoms with van der Waals surface area (Å²) in [4.78, 5) is 0.